The first kappa shape index (κ1) is 10.2. The van der Waals surface area contributed by atoms with Gasteiger partial charge in [-0.15, -0.1) is 0 Å². The van der Waals surface area contributed by atoms with Crippen LogP contribution in [0.25, 0.3) is 0 Å². The van der Waals surface area contributed by atoms with Crippen molar-refractivity contribution in [3.05, 3.63) is 29.8 Å². The van der Waals surface area contributed by atoms with E-state index in [0.717, 1.165) is 37.9 Å². The van der Waals surface area contributed by atoms with Gasteiger partial charge >= 0.3 is 0 Å². The van der Waals surface area contributed by atoms with Crippen LogP contribution in [0.15, 0.2) is 24.3 Å². The summed E-state index contributed by atoms with van der Waals surface area (Å²) >= 11 is 0. The number of fused-ring (bicyclic) bond motifs is 1. The highest BCUT2D eigenvalue weighted by atomic mass is 16.5. The maximum atomic E-state index is 10.3. The normalized spacial score (nSPS) is 19.1. The van der Waals surface area contributed by atoms with Crippen LogP contribution in [-0.4, -0.2) is 12.9 Å². The van der Waals surface area contributed by atoms with Crippen LogP contribution in [0.1, 0.15) is 37.2 Å². The van der Waals surface area contributed by atoms with Crippen LogP contribution in [0.3, 0.4) is 0 Å². The Morgan fingerprint density at radius 1 is 1.40 bits per heavy atom. The van der Waals surface area contributed by atoms with Crippen molar-refractivity contribution in [3.63, 3.8) is 0 Å². The van der Waals surface area contributed by atoms with Crippen molar-refractivity contribution in [2.24, 2.45) is 0 Å². The molecule has 1 unspecified atom stereocenters. The number of rotatable bonds is 4. The molecule has 1 aliphatic rings. The van der Waals surface area contributed by atoms with Crippen molar-refractivity contribution >= 4 is 6.29 Å². The topological polar surface area (TPSA) is 26.3 Å². The molecule has 1 aromatic rings. The number of ether oxygens (including phenoxy) is 1. The van der Waals surface area contributed by atoms with Gasteiger partial charge in [-0.05, 0) is 36.8 Å². The van der Waals surface area contributed by atoms with E-state index in [4.69, 9.17) is 4.74 Å². The predicted molar refractivity (Wildman–Crippen MR) is 59.2 cm³/mol. The van der Waals surface area contributed by atoms with E-state index < -0.39 is 0 Å². The highest BCUT2D eigenvalue weighted by Crippen LogP contribution is 2.36. The predicted octanol–water partition coefficient (Wildman–Crippen LogP) is 2.92. The van der Waals surface area contributed by atoms with Gasteiger partial charge < -0.3 is 9.53 Å². The number of carbonyl (C=O) groups is 1. The van der Waals surface area contributed by atoms with E-state index >= 15 is 0 Å². The molecule has 1 aliphatic heterocycles. The number of para-hydroxylation sites is 1. The van der Waals surface area contributed by atoms with Gasteiger partial charge in [-0.2, -0.15) is 0 Å². The number of carbonyl (C=O) groups excluding carboxylic acids is 1. The summed E-state index contributed by atoms with van der Waals surface area (Å²) in [4.78, 5) is 10.3. The zero-order chi connectivity index (χ0) is 10.5. The summed E-state index contributed by atoms with van der Waals surface area (Å²) in [5.41, 5.74) is 1.31. The molecular formula is C13H16O2. The van der Waals surface area contributed by atoms with Crippen molar-refractivity contribution in [2.75, 3.05) is 6.61 Å². The summed E-state index contributed by atoms with van der Waals surface area (Å²) in [5.74, 6) is 1.61. The molecule has 80 valence electrons. The number of hydrogen-bond acceptors (Lipinski definition) is 2. The lowest BCUT2D eigenvalue weighted by Crippen LogP contribution is -2.14. The van der Waals surface area contributed by atoms with E-state index in [1.165, 1.54) is 5.56 Å². The largest absolute Gasteiger partial charge is 0.493 e. The molecule has 0 bridgehead atoms. The highest BCUT2D eigenvalue weighted by Gasteiger charge is 2.19. The SMILES string of the molecule is O=CCCCC1CCOc2ccccc21. The molecule has 0 N–H and O–H groups in total. The van der Waals surface area contributed by atoms with Crippen LogP contribution >= 0.6 is 0 Å². The molecule has 0 spiro atoms. The summed E-state index contributed by atoms with van der Waals surface area (Å²) in [7, 11) is 0. The van der Waals surface area contributed by atoms with Gasteiger partial charge in [0.05, 0.1) is 6.61 Å². The standard InChI is InChI=1S/C13H16O2/c14-9-4-3-5-11-8-10-15-13-7-2-1-6-12(11)13/h1-2,6-7,9,11H,3-5,8,10H2. The van der Waals surface area contributed by atoms with E-state index in [-0.39, 0.29) is 0 Å². The fourth-order valence-corrected chi connectivity index (χ4v) is 2.16. The molecule has 0 saturated heterocycles. The molecule has 0 aliphatic carbocycles. The van der Waals surface area contributed by atoms with Gasteiger partial charge in [-0.25, -0.2) is 0 Å². The van der Waals surface area contributed by atoms with E-state index in [2.05, 4.69) is 12.1 Å². The molecule has 1 heterocycles. The minimum atomic E-state index is 0.579. The molecule has 0 saturated carbocycles. The monoisotopic (exact) mass is 204 g/mol. The average Bonchev–Trinajstić information content (AvgIpc) is 2.30. The maximum Gasteiger partial charge on any atom is 0.122 e. The second-order valence-electron chi connectivity index (χ2n) is 3.97. The molecule has 2 rings (SSSR count). The van der Waals surface area contributed by atoms with Crippen molar-refractivity contribution in [1.29, 1.82) is 0 Å². The lowest BCUT2D eigenvalue weighted by atomic mass is 9.89. The Labute approximate surface area is 90.3 Å². The fraction of sp³-hybridized carbons (Fsp3) is 0.462. The Hall–Kier alpha value is -1.31. The Morgan fingerprint density at radius 3 is 3.13 bits per heavy atom. The third kappa shape index (κ3) is 2.38. The third-order valence-corrected chi connectivity index (χ3v) is 2.96. The minimum Gasteiger partial charge on any atom is -0.493 e. The average molecular weight is 204 g/mol. The first-order valence-electron chi connectivity index (χ1n) is 5.57. The number of unbranched alkanes of at least 4 members (excludes halogenated alkanes) is 1. The lowest BCUT2D eigenvalue weighted by Gasteiger charge is -2.25. The number of aldehydes is 1. The van der Waals surface area contributed by atoms with E-state index in [0.29, 0.717) is 12.3 Å². The highest BCUT2D eigenvalue weighted by molar-refractivity contribution is 5.49. The summed E-state index contributed by atoms with van der Waals surface area (Å²) in [6.45, 7) is 0.808. The molecule has 2 heteroatoms. The molecule has 1 aromatic carbocycles. The molecule has 0 radical (unpaired) electrons. The third-order valence-electron chi connectivity index (χ3n) is 2.96. The molecular weight excluding hydrogens is 188 g/mol. The first-order chi connectivity index (χ1) is 7.42. The van der Waals surface area contributed by atoms with Crippen LogP contribution in [0.2, 0.25) is 0 Å². The van der Waals surface area contributed by atoms with Crippen molar-refractivity contribution < 1.29 is 9.53 Å². The second kappa shape index (κ2) is 4.96. The van der Waals surface area contributed by atoms with Gasteiger partial charge in [0.15, 0.2) is 0 Å². The summed E-state index contributed by atoms with van der Waals surface area (Å²) in [5, 5.41) is 0. The number of hydrogen-bond donors (Lipinski definition) is 0. The molecule has 0 amide bonds. The van der Waals surface area contributed by atoms with E-state index in [1.807, 2.05) is 12.1 Å². The smallest absolute Gasteiger partial charge is 0.122 e. The Kier molecular flexibility index (Phi) is 3.38. The van der Waals surface area contributed by atoms with E-state index in [9.17, 15) is 4.79 Å². The summed E-state index contributed by atoms with van der Waals surface area (Å²) in [6, 6.07) is 8.23. The van der Waals surface area contributed by atoms with Crippen LogP contribution in [0.4, 0.5) is 0 Å². The minimum absolute atomic E-state index is 0.579. The van der Waals surface area contributed by atoms with Crippen LogP contribution in [0.5, 0.6) is 5.75 Å². The zero-order valence-electron chi connectivity index (χ0n) is 8.82. The van der Waals surface area contributed by atoms with Gasteiger partial charge in [0.25, 0.3) is 0 Å². The van der Waals surface area contributed by atoms with Crippen molar-refractivity contribution in [1.82, 2.24) is 0 Å². The molecule has 1 atom stereocenters. The Bertz CT molecular complexity index is 333. The van der Waals surface area contributed by atoms with Gasteiger partial charge in [0, 0.05) is 6.42 Å². The van der Waals surface area contributed by atoms with Crippen LogP contribution in [0, 0.1) is 0 Å². The maximum absolute atomic E-state index is 10.3. The van der Waals surface area contributed by atoms with Crippen LogP contribution < -0.4 is 4.74 Å². The lowest BCUT2D eigenvalue weighted by molar-refractivity contribution is -0.107. The fourth-order valence-electron chi connectivity index (χ4n) is 2.16. The second-order valence-corrected chi connectivity index (χ2v) is 3.97. The van der Waals surface area contributed by atoms with Crippen molar-refractivity contribution in [3.8, 4) is 5.75 Å². The summed E-state index contributed by atoms with van der Waals surface area (Å²) < 4.78 is 5.59. The van der Waals surface area contributed by atoms with Gasteiger partial charge in [-0.3, -0.25) is 0 Å². The molecule has 0 fully saturated rings. The summed E-state index contributed by atoms with van der Waals surface area (Å²) in [6.07, 6.45) is 4.85. The van der Waals surface area contributed by atoms with Gasteiger partial charge in [-0.1, -0.05) is 18.2 Å². The number of benzene rings is 1. The molecule has 0 aromatic heterocycles. The van der Waals surface area contributed by atoms with Gasteiger partial charge in [0.2, 0.25) is 0 Å². The first-order valence-corrected chi connectivity index (χ1v) is 5.57. The molecule has 15 heavy (non-hydrogen) atoms. The Balaban J connectivity index is 2.05. The quantitative estimate of drug-likeness (QED) is 0.556. The zero-order valence-corrected chi connectivity index (χ0v) is 8.82. The van der Waals surface area contributed by atoms with Crippen LogP contribution in [-0.2, 0) is 4.79 Å². The Morgan fingerprint density at radius 2 is 2.27 bits per heavy atom. The van der Waals surface area contributed by atoms with Gasteiger partial charge in [0.1, 0.15) is 12.0 Å². The van der Waals surface area contributed by atoms with Crippen molar-refractivity contribution in [2.45, 2.75) is 31.6 Å². The van der Waals surface area contributed by atoms with E-state index in [1.54, 1.807) is 0 Å². The molecule has 2 nitrogen and oxygen atoms in total.